The van der Waals surface area contributed by atoms with Crippen molar-refractivity contribution < 1.29 is 22.4 Å². The number of thiazole rings is 1. The van der Waals surface area contributed by atoms with Crippen molar-refractivity contribution in [2.24, 2.45) is 0 Å². The molecule has 5 rings (SSSR count). The second kappa shape index (κ2) is 8.75. The highest BCUT2D eigenvalue weighted by Crippen LogP contribution is 2.25. The maximum absolute atomic E-state index is 13.5. The van der Waals surface area contributed by atoms with E-state index in [0.717, 1.165) is 30.1 Å². The first-order valence-electron chi connectivity index (χ1n) is 10.9. The Hall–Kier alpha value is -2.83. The van der Waals surface area contributed by atoms with Gasteiger partial charge in [0, 0.05) is 35.3 Å². The number of benzene rings is 1. The monoisotopic (exact) mass is 505 g/mol. The van der Waals surface area contributed by atoms with Gasteiger partial charge < -0.3 is 20.5 Å². The van der Waals surface area contributed by atoms with Gasteiger partial charge in [0.1, 0.15) is 11.5 Å². The average Bonchev–Trinajstić information content (AvgIpc) is 3.38. The summed E-state index contributed by atoms with van der Waals surface area (Å²) in [5.41, 5.74) is 1.70. The van der Waals surface area contributed by atoms with Gasteiger partial charge >= 0.3 is 0 Å². The number of fused-ring (bicyclic) bond motifs is 2. The molecule has 0 aliphatic carbocycles. The predicted octanol–water partition coefficient (Wildman–Crippen LogP) is 1.47. The number of H-pyrrole nitrogens is 1. The number of halogens is 1. The van der Waals surface area contributed by atoms with Crippen LogP contribution in [0.1, 0.15) is 37.3 Å². The number of likely N-dealkylation sites (N-methyl/N-ethyl adjacent to an activating group) is 1. The highest BCUT2D eigenvalue weighted by molar-refractivity contribution is 7.91. The molecule has 2 amide bonds. The van der Waals surface area contributed by atoms with Crippen LogP contribution in [-0.2, 0) is 22.8 Å². The molecule has 9 nitrogen and oxygen atoms in total. The van der Waals surface area contributed by atoms with Gasteiger partial charge in [0.05, 0.1) is 29.3 Å². The van der Waals surface area contributed by atoms with Crippen molar-refractivity contribution >= 4 is 43.9 Å². The number of rotatable bonds is 4. The van der Waals surface area contributed by atoms with Crippen molar-refractivity contribution in [1.82, 2.24) is 25.5 Å². The zero-order valence-electron chi connectivity index (χ0n) is 18.4. The summed E-state index contributed by atoms with van der Waals surface area (Å²) in [5, 5.41) is 6.51. The third-order valence-corrected chi connectivity index (χ3v) is 9.04. The lowest BCUT2D eigenvalue weighted by Gasteiger charge is -2.32. The Kier molecular flexibility index (Phi) is 5.90. The Morgan fingerprint density at radius 1 is 1.21 bits per heavy atom. The summed E-state index contributed by atoms with van der Waals surface area (Å²) < 4.78 is 38.1. The molecule has 2 atom stereocenters. The molecule has 2 aromatic heterocycles. The first kappa shape index (κ1) is 22.9. The summed E-state index contributed by atoms with van der Waals surface area (Å²) >= 11 is 1.35. The molecule has 0 radical (unpaired) electrons. The van der Waals surface area contributed by atoms with E-state index in [0.29, 0.717) is 15.9 Å². The van der Waals surface area contributed by atoms with E-state index in [9.17, 15) is 22.4 Å². The van der Waals surface area contributed by atoms with Crippen molar-refractivity contribution in [3.05, 3.63) is 51.4 Å². The molecule has 0 saturated carbocycles. The van der Waals surface area contributed by atoms with Crippen LogP contribution in [0.3, 0.4) is 0 Å². The number of aromatic amines is 1. The zero-order chi connectivity index (χ0) is 24.0. The number of hydrogen-bond donors (Lipinski definition) is 3. The van der Waals surface area contributed by atoms with Gasteiger partial charge in [0.25, 0.3) is 11.8 Å². The van der Waals surface area contributed by atoms with Crippen molar-refractivity contribution in [1.29, 1.82) is 0 Å². The number of hydrogen-bond acceptors (Lipinski definition) is 7. The summed E-state index contributed by atoms with van der Waals surface area (Å²) in [6.07, 6.45) is 0.967. The molecule has 4 heterocycles. The third kappa shape index (κ3) is 4.70. The lowest BCUT2D eigenvalue weighted by atomic mass is 10.1. The van der Waals surface area contributed by atoms with Crippen LogP contribution in [0.4, 0.5) is 4.39 Å². The van der Waals surface area contributed by atoms with E-state index in [4.69, 9.17) is 0 Å². The molecule has 3 aromatic rings. The Balaban J connectivity index is 1.32. The molecule has 34 heavy (non-hydrogen) atoms. The smallest absolute Gasteiger partial charge is 0.280 e. The van der Waals surface area contributed by atoms with Crippen LogP contribution in [0, 0.1) is 5.82 Å². The summed E-state index contributed by atoms with van der Waals surface area (Å²) in [7, 11) is -1.36. The van der Waals surface area contributed by atoms with Gasteiger partial charge in [-0.1, -0.05) is 0 Å². The zero-order valence-corrected chi connectivity index (χ0v) is 20.1. The summed E-state index contributed by atoms with van der Waals surface area (Å²) in [5.74, 6) is -1.67. The van der Waals surface area contributed by atoms with Gasteiger partial charge in [-0.3, -0.25) is 9.59 Å². The van der Waals surface area contributed by atoms with E-state index < -0.39 is 33.6 Å². The molecule has 12 heteroatoms. The Labute approximate surface area is 199 Å². The lowest BCUT2D eigenvalue weighted by molar-refractivity contribution is 0.0882. The van der Waals surface area contributed by atoms with Gasteiger partial charge in [-0.2, -0.15) is 0 Å². The van der Waals surface area contributed by atoms with E-state index in [1.807, 2.05) is 7.05 Å². The van der Waals surface area contributed by atoms with E-state index >= 15 is 0 Å². The van der Waals surface area contributed by atoms with E-state index in [1.165, 1.54) is 35.6 Å². The fourth-order valence-corrected chi connectivity index (χ4v) is 7.15. The number of sulfone groups is 1. The third-order valence-electron chi connectivity index (χ3n) is 6.24. The minimum absolute atomic E-state index is 0.0743. The number of carbonyl (C=O) groups is 2. The molecule has 0 unspecified atom stereocenters. The van der Waals surface area contributed by atoms with Crippen LogP contribution >= 0.6 is 11.3 Å². The first-order valence-corrected chi connectivity index (χ1v) is 13.6. The maximum atomic E-state index is 13.5. The second-order valence-corrected chi connectivity index (χ2v) is 12.2. The number of aromatic nitrogens is 2. The second-order valence-electron chi connectivity index (χ2n) is 8.85. The highest BCUT2D eigenvalue weighted by Gasteiger charge is 2.36. The molecule has 3 N–H and O–H groups in total. The van der Waals surface area contributed by atoms with Gasteiger partial charge in [-0.25, -0.2) is 17.8 Å². The SMILES string of the molecule is CN1CCc2nc(C(=O)N[C@@H]3CCS(=O)(=O)C[C@@H]3NC(=O)c3cc4cc(F)ccc4[nH]3)sc2C1. The first-order chi connectivity index (χ1) is 16.2. The Bertz CT molecular complexity index is 1380. The minimum atomic E-state index is -3.38. The maximum Gasteiger partial charge on any atom is 0.280 e. The summed E-state index contributed by atoms with van der Waals surface area (Å²) in [6.45, 7) is 1.63. The van der Waals surface area contributed by atoms with Crippen LogP contribution in [0.25, 0.3) is 10.9 Å². The van der Waals surface area contributed by atoms with Crippen molar-refractivity contribution in [3.8, 4) is 0 Å². The molecule has 1 aromatic carbocycles. The largest absolute Gasteiger partial charge is 0.351 e. The summed E-state index contributed by atoms with van der Waals surface area (Å²) in [6, 6.07) is 4.26. The predicted molar refractivity (Wildman–Crippen MR) is 126 cm³/mol. The van der Waals surface area contributed by atoms with Crippen molar-refractivity contribution in [2.45, 2.75) is 31.5 Å². The van der Waals surface area contributed by atoms with Gasteiger partial charge in [0.15, 0.2) is 14.8 Å². The molecule has 1 saturated heterocycles. The van der Waals surface area contributed by atoms with Crippen LogP contribution in [0.2, 0.25) is 0 Å². The number of nitrogens with one attached hydrogen (secondary N) is 3. The van der Waals surface area contributed by atoms with Gasteiger partial charge in [-0.05, 0) is 37.7 Å². The number of nitrogens with zero attached hydrogens (tertiary/aromatic N) is 2. The molecule has 0 spiro atoms. The van der Waals surface area contributed by atoms with Crippen LogP contribution in [-0.4, -0.2) is 72.3 Å². The Morgan fingerprint density at radius 3 is 2.82 bits per heavy atom. The summed E-state index contributed by atoms with van der Waals surface area (Å²) in [4.78, 5) is 36.5. The molecule has 1 fully saturated rings. The van der Waals surface area contributed by atoms with E-state index in [1.54, 1.807) is 0 Å². The van der Waals surface area contributed by atoms with E-state index in [-0.39, 0.29) is 29.5 Å². The standard InChI is InChI=1S/C22H24FN5O4S2/c1-28-6-4-16-19(10-28)33-22(27-16)21(30)25-15-5-7-34(31,32)11-18(15)26-20(29)17-9-12-8-13(23)2-3-14(12)24-17/h2-3,8-9,15,18,24H,4-7,10-11H2,1H3,(H,25,30)(H,26,29)/t15-,18+/m1/s1. The van der Waals surface area contributed by atoms with Gasteiger partial charge in [-0.15, -0.1) is 11.3 Å². The molecular formula is C22H24FN5O4S2. The number of amides is 2. The molecule has 2 aliphatic rings. The Morgan fingerprint density at radius 2 is 2.00 bits per heavy atom. The van der Waals surface area contributed by atoms with E-state index in [2.05, 4.69) is 25.5 Å². The average molecular weight is 506 g/mol. The van der Waals surface area contributed by atoms with Crippen molar-refractivity contribution in [3.63, 3.8) is 0 Å². The molecule has 180 valence electrons. The van der Waals surface area contributed by atoms with Crippen LogP contribution in [0.5, 0.6) is 0 Å². The highest BCUT2D eigenvalue weighted by atomic mass is 32.2. The van der Waals surface area contributed by atoms with Gasteiger partial charge in [0.2, 0.25) is 0 Å². The van der Waals surface area contributed by atoms with Crippen LogP contribution < -0.4 is 10.6 Å². The lowest BCUT2D eigenvalue weighted by Crippen LogP contribution is -2.58. The molecule has 2 aliphatic heterocycles. The topological polar surface area (TPSA) is 124 Å². The quantitative estimate of drug-likeness (QED) is 0.493. The van der Waals surface area contributed by atoms with Crippen LogP contribution in [0.15, 0.2) is 24.3 Å². The normalized spacial score (nSPS) is 22.3. The molecular weight excluding hydrogens is 481 g/mol. The minimum Gasteiger partial charge on any atom is -0.351 e. The fourth-order valence-electron chi connectivity index (χ4n) is 4.42. The van der Waals surface area contributed by atoms with Crippen molar-refractivity contribution in [2.75, 3.05) is 25.1 Å². The molecule has 0 bridgehead atoms. The number of carbonyl (C=O) groups excluding carboxylic acids is 2. The fraction of sp³-hybridized carbons (Fsp3) is 0.409.